The molecule has 0 unspecified atom stereocenters. The second-order valence-electron chi connectivity index (χ2n) is 5.82. The van der Waals surface area contributed by atoms with Gasteiger partial charge in [-0.3, -0.25) is 4.79 Å². The molecule has 130 valence electrons. The number of anilines is 1. The lowest BCUT2D eigenvalue weighted by Crippen LogP contribution is -2.33. The molecule has 0 aliphatic carbocycles. The summed E-state index contributed by atoms with van der Waals surface area (Å²) in [4.78, 5) is 12.4. The lowest BCUT2D eigenvalue weighted by Gasteiger charge is -2.21. The zero-order valence-electron chi connectivity index (χ0n) is 14.4. The fraction of sp³-hybridized carbons (Fsp3) is 0.211. The van der Waals surface area contributed by atoms with Crippen molar-refractivity contribution in [1.29, 1.82) is 0 Å². The number of carbonyl (C=O) groups is 1. The number of benzene rings is 2. The van der Waals surface area contributed by atoms with E-state index in [1.807, 2.05) is 0 Å². The molecule has 25 heavy (non-hydrogen) atoms. The first-order valence-corrected chi connectivity index (χ1v) is 9.16. The minimum absolute atomic E-state index is 0.148. The molecule has 0 saturated carbocycles. The Kier molecular flexibility index (Phi) is 5.62. The highest BCUT2D eigenvalue weighted by atomic mass is 32.2. The van der Waals surface area contributed by atoms with E-state index in [2.05, 4.69) is 11.2 Å². The summed E-state index contributed by atoms with van der Waals surface area (Å²) in [6, 6.07) is 12.6. The average molecular weight is 356 g/mol. The summed E-state index contributed by atoms with van der Waals surface area (Å²) in [6.45, 7) is 3.59. The lowest BCUT2D eigenvalue weighted by atomic mass is 10.2. The van der Waals surface area contributed by atoms with E-state index in [9.17, 15) is 13.2 Å². The summed E-state index contributed by atoms with van der Waals surface area (Å²) in [5.41, 5.74) is 1.60. The van der Waals surface area contributed by atoms with Gasteiger partial charge in [-0.15, -0.1) is 6.42 Å². The maximum absolute atomic E-state index is 12.4. The standard InChI is InChI=1S/C19H20N2O3S/c1-5-15-7-6-8-17(13-15)20-19(22)16-9-11-18(12-10-16)25(23,24)21(4)14(2)3/h1,6-14H,2-4H3,(H,20,22). The number of hydrogen-bond donors (Lipinski definition) is 1. The van der Waals surface area contributed by atoms with Crippen molar-refractivity contribution < 1.29 is 13.2 Å². The number of amides is 1. The van der Waals surface area contributed by atoms with E-state index in [4.69, 9.17) is 6.42 Å². The van der Waals surface area contributed by atoms with Crippen molar-refractivity contribution in [3.8, 4) is 12.3 Å². The van der Waals surface area contributed by atoms with Crippen LogP contribution in [0.1, 0.15) is 29.8 Å². The Morgan fingerprint density at radius 3 is 2.36 bits per heavy atom. The first kappa shape index (κ1) is 18.7. The number of carbonyl (C=O) groups excluding carboxylic acids is 1. The number of hydrogen-bond acceptors (Lipinski definition) is 3. The van der Waals surface area contributed by atoms with Crippen molar-refractivity contribution >= 4 is 21.6 Å². The zero-order valence-corrected chi connectivity index (χ0v) is 15.2. The summed E-state index contributed by atoms with van der Waals surface area (Å²) < 4.78 is 26.1. The van der Waals surface area contributed by atoms with Crippen LogP contribution >= 0.6 is 0 Å². The van der Waals surface area contributed by atoms with E-state index in [1.165, 1.54) is 35.6 Å². The highest BCUT2D eigenvalue weighted by molar-refractivity contribution is 7.89. The van der Waals surface area contributed by atoms with Gasteiger partial charge in [0, 0.05) is 29.9 Å². The van der Waals surface area contributed by atoms with E-state index in [0.717, 1.165) is 0 Å². The largest absolute Gasteiger partial charge is 0.322 e. The Morgan fingerprint density at radius 1 is 1.16 bits per heavy atom. The normalized spacial score (nSPS) is 11.4. The second kappa shape index (κ2) is 7.51. The van der Waals surface area contributed by atoms with Gasteiger partial charge in [-0.05, 0) is 56.3 Å². The van der Waals surface area contributed by atoms with Crippen LogP contribution in [0, 0.1) is 12.3 Å². The van der Waals surface area contributed by atoms with Gasteiger partial charge in [0.15, 0.2) is 0 Å². The maximum Gasteiger partial charge on any atom is 0.255 e. The summed E-state index contributed by atoms with van der Waals surface area (Å²) in [7, 11) is -2.04. The first-order chi connectivity index (χ1) is 11.8. The van der Waals surface area contributed by atoms with Crippen molar-refractivity contribution in [3.05, 3.63) is 59.7 Å². The molecule has 2 aromatic carbocycles. The van der Waals surface area contributed by atoms with E-state index in [1.54, 1.807) is 38.1 Å². The smallest absolute Gasteiger partial charge is 0.255 e. The van der Waals surface area contributed by atoms with Gasteiger partial charge in [0.05, 0.1) is 4.90 Å². The predicted molar refractivity (Wildman–Crippen MR) is 98.9 cm³/mol. The number of nitrogens with one attached hydrogen (secondary N) is 1. The van der Waals surface area contributed by atoms with Crippen LogP contribution in [-0.2, 0) is 10.0 Å². The van der Waals surface area contributed by atoms with E-state index in [0.29, 0.717) is 16.8 Å². The zero-order chi connectivity index (χ0) is 18.6. The first-order valence-electron chi connectivity index (χ1n) is 7.72. The molecule has 0 saturated heterocycles. The van der Waals surface area contributed by atoms with E-state index < -0.39 is 10.0 Å². The average Bonchev–Trinajstić information content (AvgIpc) is 2.61. The second-order valence-corrected chi connectivity index (χ2v) is 7.82. The fourth-order valence-electron chi connectivity index (χ4n) is 2.11. The molecule has 5 nitrogen and oxygen atoms in total. The van der Waals surface area contributed by atoms with Crippen molar-refractivity contribution in [2.45, 2.75) is 24.8 Å². The van der Waals surface area contributed by atoms with Crippen LogP contribution in [0.4, 0.5) is 5.69 Å². The van der Waals surface area contributed by atoms with Crippen molar-refractivity contribution in [2.24, 2.45) is 0 Å². The van der Waals surface area contributed by atoms with Crippen LogP contribution in [0.25, 0.3) is 0 Å². The molecule has 0 spiro atoms. The number of terminal acetylenes is 1. The molecule has 0 aromatic heterocycles. The molecule has 0 fully saturated rings. The van der Waals surface area contributed by atoms with Gasteiger partial charge < -0.3 is 5.32 Å². The van der Waals surface area contributed by atoms with Crippen LogP contribution in [0.15, 0.2) is 53.4 Å². The fourth-order valence-corrected chi connectivity index (χ4v) is 3.48. The van der Waals surface area contributed by atoms with Gasteiger partial charge in [0.1, 0.15) is 0 Å². The number of sulfonamides is 1. The molecule has 0 radical (unpaired) electrons. The molecular formula is C19H20N2O3S. The van der Waals surface area contributed by atoms with Crippen LogP contribution in [0.5, 0.6) is 0 Å². The maximum atomic E-state index is 12.4. The summed E-state index contributed by atoms with van der Waals surface area (Å²) in [5.74, 6) is 2.16. The number of rotatable bonds is 5. The van der Waals surface area contributed by atoms with Crippen LogP contribution in [0.3, 0.4) is 0 Å². The quantitative estimate of drug-likeness (QED) is 0.838. The topological polar surface area (TPSA) is 66.5 Å². The molecule has 0 aliphatic heterocycles. The van der Waals surface area contributed by atoms with Gasteiger partial charge in [-0.1, -0.05) is 12.0 Å². The summed E-state index contributed by atoms with van der Waals surface area (Å²) in [5, 5.41) is 2.74. The minimum Gasteiger partial charge on any atom is -0.322 e. The van der Waals surface area contributed by atoms with Crippen LogP contribution < -0.4 is 5.32 Å². The predicted octanol–water partition coefficient (Wildman–Crippen LogP) is 2.95. The molecular weight excluding hydrogens is 336 g/mol. The summed E-state index contributed by atoms with van der Waals surface area (Å²) >= 11 is 0. The van der Waals surface area contributed by atoms with Gasteiger partial charge in [0.2, 0.25) is 10.0 Å². The Bertz CT molecular complexity index is 910. The lowest BCUT2D eigenvalue weighted by molar-refractivity contribution is 0.102. The number of nitrogens with zero attached hydrogens (tertiary/aromatic N) is 1. The molecule has 1 amide bonds. The third kappa shape index (κ3) is 4.27. The van der Waals surface area contributed by atoms with Crippen molar-refractivity contribution in [2.75, 3.05) is 12.4 Å². The Labute approximate surface area is 148 Å². The molecule has 2 aromatic rings. The molecule has 1 N–H and O–H groups in total. The summed E-state index contributed by atoms with van der Waals surface area (Å²) in [6.07, 6.45) is 5.34. The van der Waals surface area contributed by atoms with E-state index >= 15 is 0 Å². The highest BCUT2D eigenvalue weighted by Crippen LogP contribution is 2.18. The molecule has 0 atom stereocenters. The molecule has 0 aliphatic rings. The van der Waals surface area contributed by atoms with Gasteiger partial charge in [-0.25, -0.2) is 8.42 Å². The third-order valence-corrected chi connectivity index (χ3v) is 5.86. The van der Waals surface area contributed by atoms with Gasteiger partial charge in [-0.2, -0.15) is 4.31 Å². The third-order valence-electron chi connectivity index (χ3n) is 3.81. The molecule has 0 heterocycles. The molecule has 2 rings (SSSR count). The van der Waals surface area contributed by atoms with Crippen LogP contribution in [-0.4, -0.2) is 31.7 Å². The Hall–Kier alpha value is -2.62. The molecule has 6 heteroatoms. The van der Waals surface area contributed by atoms with Gasteiger partial charge >= 0.3 is 0 Å². The minimum atomic E-state index is -3.57. The monoisotopic (exact) mass is 356 g/mol. The highest BCUT2D eigenvalue weighted by Gasteiger charge is 2.23. The van der Waals surface area contributed by atoms with Crippen molar-refractivity contribution in [3.63, 3.8) is 0 Å². The Balaban J connectivity index is 2.19. The molecule has 0 bridgehead atoms. The Morgan fingerprint density at radius 2 is 1.80 bits per heavy atom. The van der Waals surface area contributed by atoms with E-state index in [-0.39, 0.29) is 16.8 Å². The van der Waals surface area contributed by atoms with Crippen LogP contribution in [0.2, 0.25) is 0 Å². The van der Waals surface area contributed by atoms with Gasteiger partial charge in [0.25, 0.3) is 5.91 Å². The SMILES string of the molecule is C#Cc1cccc(NC(=O)c2ccc(S(=O)(=O)N(C)C(C)C)cc2)c1. The van der Waals surface area contributed by atoms with Crippen molar-refractivity contribution in [1.82, 2.24) is 4.31 Å².